The van der Waals surface area contributed by atoms with Crippen molar-refractivity contribution in [2.45, 2.75) is 0 Å². The van der Waals surface area contributed by atoms with E-state index in [4.69, 9.17) is 19.1 Å². The molecule has 0 radical (unpaired) electrons. The number of nitrogens with zero attached hydrogens (tertiary/aromatic N) is 3. The molecule has 0 fully saturated rings. The number of hydrogen-bond donors (Lipinski definition) is 0. The topological polar surface area (TPSA) is 61.0 Å². The molecule has 0 atom stereocenters. The lowest BCUT2D eigenvalue weighted by atomic mass is 10.1. The molecule has 0 saturated carbocycles. The van der Waals surface area contributed by atoms with Gasteiger partial charge in [-0.2, -0.15) is 0 Å². The van der Waals surface area contributed by atoms with Gasteiger partial charge in [0, 0.05) is 17.0 Å². The van der Waals surface area contributed by atoms with Crippen molar-refractivity contribution in [3.8, 4) is 17.1 Å². The Labute approximate surface area is 165 Å². The summed E-state index contributed by atoms with van der Waals surface area (Å²) in [6.07, 6.45) is 1.80. The van der Waals surface area contributed by atoms with E-state index in [1.165, 1.54) is 0 Å². The second-order valence-corrected chi connectivity index (χ2v) is 6.89. The maximum Gasteiger partial charge on any atom is 0.154 e. The Bertz CT molecular complexity index is 1550. The molecule has 2 aromatic carbocycles. The summed E-state index contributed by atoms with van der Waals surface area (Å²) in [5.74, 6) is 0.743. The number of rotatable bonds is 2. The molecule has 0 unspecified atom stereocenters. The quantitative estimate of drug-likeness (QED) is 0.359. The first-order chi connectivity index (χ1) is 14.3. The molecule has 4 aromatic heterocycles. The van der Waals surface area contributed by atoms with Gasteiger partial charge in [-0.15, -0.1) is 0 Å². The van der Waals surface area contributed by atoms with Crippen molar-refractivity contribution in [2.24, 2.45) is 0 Å². The molecule has 5 heteroatoms. The summed E-state index contributed by atoms with van der Waals surface area (Å²) in [6.45, 7) is 0. The zero-order valence-corrected chi connectivity index (χ0v) is 15.6. The summed E-state index contributed by atoms with van der Waals surface area (Å²) in [4.78, 5) is 14.3. The highest BCUT2D eigenvalue weighted by atomic mass is 16.5. The molecule has 0 spiro atoms. The summed E-state index contributed by atoms with van der Waals surface area (Å²) in [6, 6.07) is 21.8. The van der Waals surface area contributed by atoms with Gasteiger partial charge in [0.15, 0.2) is 5.58 Å². The van der Waals surface area contributed by atoms with E-state index in [9.17, 15) is 0 Å². The number of furan rings is 1. The minimum atomic E-state index is 0.723. The van der Waals surface area contributed by atoms with Crippen LogP contribution in [0.3, 0.4) is 0 Å². The zero-order chi connectivity index (χ0) is 19.4. The molecular formula is C24H15N3O2. The van der Waals surface area contributed by atoms with Crippen LogP contribution in [0.1, 0.15) is 0 Å². The monoisotopic (exact) mass is 377 g/mol. The van der Waals surface area contributed by atoms with E-state index in [0.29, 0.717) is 0 Å². The predicted octanol–water partition coefficient (Wildman–Crippen LogP) is 5.75. The van der Waals surface area contributed by atoms with Gasteiger partial charge in [-0.25, -0.2) is 9.97 Å². The fraction of sp³-hybridized carbons (Fsp3) is 0.0417. The van der Waals surface area contributed by atoms with Crippen LogP contribution in [-0.2, 0) is 0 Å². The fourth-order valence-electron chi connectivity index (χ4n) is 3.83. The first-order valence-corrected chi connectivity index (χ1v) is 9.33. The van der Waals surface area contributed by atoms with E-state index in [-0.39, 0.29) is 0 Å². The zero-order valence-electron chi connectivity index (χ0n) is 15.6. The van der Waals surface area contributed by atoms with Crippen LogP contribution < -0.4 is 4.74 Å². The standard InChI is InChI=1S/C24H15N3O2/c1-28-18-5-2-6-19-21(18)24-20(29-19)12-11-17(27-24)16-10-9-15-8-7-14-4-3-13-25-22(14)23(15)26-16/h2-13H,1H3. The van der Waals surface area contributed by atoms with E-state index in [1.807, 2.05) is 48.5 Å². The number of aromatic nitrogens is 3. The van der Waals surface area contributed by atoms with Gasteiger partial charge >= 0.3 is 0 Å². The van der Waals surface area contributed by atoms with Crippen molar-refractivity contribution in [2.75, 3.05) is 7.11 Å². The van der Waals surface area contributed by atoms with Crippen molar-refractivity contribution in [1.82, 2.24) is 15.0 Å². The van der Waals surface area contributed by atoms with Crippen LogP contribution in [0.2, 0.25) is 0 Å². The largest absolute Gasteiger partial charge is 0.496 e. The second kappa shape index (κ2) is 6.01. The summed E-state index contributed by atoms with van der Waals surface area (Å²) < 4.78 is 11.5. The molecule has 138 valence electrons. The van der Waals surface area contributed by atoms with Crippen LogP contribution in [0.15, 0.2) is 77.3 Å². The van der Waals surface area contributed by atoms with Crippen LogP contribution in [0, 0.1) is 0 Å². The molecule has 0 N–H and O–H groups in total. The molecule has 4 heterocycles. The Balaban J connectivity index is 1.62. The number of pyridine rings is 3. The normalized spacial score (nSPS) is 11.6. The van der Waals surface area contributed by atoms with Crippen molar-refractivity contribution in [3.05, 3.63) is 72.9 Å². The predicted molar refractivity (Wildman–Crippen MR) is 114 cm³/mol. The number of hydrogen-bond acceptors (Lipinski definition) is 5. The van der Waals surface area contributed by atoms with Gasteiger partial charge in [-0.1, -0.05) is 30.3 Å². The van der Waals surface area contributed by atoms with Crippen molar-refractivity contribution in [3.63, 3.8) is 0 Å². The molecule has 0 aliphatic heterocycles. The third-order valence-corrected chi connectivity index (χ3v) is 5.22. The second-order valence-electron chi connectivity index (χ2n) is 6.89. The summed E-state index contributed by atoms with van der Waals surface area (Å²) in [5, 5.41) is 3.00. The molecular weight excluding hydrogens is 362 g/mol. The van der Waals surface area contributed by atoms with E-state index < -0.39 is 0 Å². The lowest BCUT2D eigenvalue weighted by Gasteiger charge is -2.06. The molecule has 6 rings (SSSR count). The van der Waals surface area contributed by atoms with Crippen LogP contribution >= 0.6 is 0 Å². The van der Waals surface area contributed by atoms with Crippen molar-refractivity contribution >= 4 is 43.9 Å². The third kappa shape index (κ3) is 2.37. The minimum Gasteiger partial charge on any atom is -0.496 e. The van der Waals surface area contributed by atoms with Gasteiger partial charge in [0.2, 0.25) is 0 Å². The van der Waals surface area contributed by atoms with Crippen LogP contribution in [-0.4, -0.2) is 22.1 Å². The molecule has 6 aromatic rings. The van der Waals surface area contributed by atoms with Crippen LogP contribution in [0.25, 0.3) is 55.3 Å². The van der Waals surface area contributed by atoms with E-state index >= 15 is 0 Å². The molecule has 29 heavy (non-hydrogen) atoms. The maximum absolute atomic E-state index is 5.94. The molecule has 5 nitrogen and oxygen atoms in total. The SMILES string of the molecule is COc1cccc2oc3ccc(-c4ccc5ccc6cccnc6c5n4)nc3c12. The van der Waals surface area contributed by atoms with Gasteiger partial charge in [-0.3, -0.25) is 4.98 Å². The summed E-state index contributed by atoms with van der Waals surface area (Å²) in [7, 11) is 1.65. The summed E-state index contributed by atoms with van der Waals surface area (Å²) in [5.41, 5.74) is 5.59. The van der Waals surface area contributed by atoms with E-state index in [2.05, 4.69) is 23.2 Å². The van der Waals surface area contributed by atoms with Crippen LogP contribution in [0.5, 0.6) is 5.75 Å². The van der Waals surface area contributed by atoms with Gasteiger partial charge in [0.25, 0.3) is 0 Å². The third-order valence-electron chi connectivity index (χ3n) is 5.22. The Morgan fingerprint density at radius 3 is 2.31 bits per heavy atom. The van der Waals surface area contributed by atoms with E-state index in [0.717, 1.165) is 61.0 Å². The number of methoxy groups -OCH3 is 1. The molecule has 0 amide bonds. The lowest BCUT2D eigenvalue weighted by Crippen LogP contribution is -1.91. The van der Waals surface area contributed by atoms with Gasteiger partial charge in [-0.05, 0) is 36.4 Å². The van der Waals surface area contributed by atoms with Gasteiger partial charge in [0.05, 0.1) is 34.9 Å². The highest BCUT2D eigenvalue weighted by Crippen LogP contribution is 2.35. The first-order valence-electron chi connectivity index (χ1n) is 9.33. The lowest BCUT2D eigenvalue weighted by molar-refractivity contribution is 0.420. The number of fused-ring (bicyclic) bond motifs is 6. The van der Waals surface area contributed by atoms with Gasteiger partial charge < -0.3 is 9.15 Å². The Morgan fingerprint density at radius 1 is 0.690 bits per heavy atom. The Morgan fingerprint density at radius 2 is 1.45 bits per heavy atom. The smallest absolute Gasteiger partial charge is 0.154 e. The average Bonchev–Trinajstić information content (AvgIpc) is 3.16. The number of benzene rings is 2. The highest BCUT2D eigenvalue weighted by Gasteiger charge is 2.15. The maximum atomic E-state index is 5.94. The molecule has 0 aliphatic carbocycles. The Hall–Kier alpha value is -3.99. The van der Waals surface area contributed by atoms with Crippen molar-refractivity contribution < 1.29 is 9.15 Å². The van der Waals surface area contributed by atoms with E-state index in [1.54, 1.807) is 13.3 Å². The van der Waals surface area contributed by atoms with Crippen LogP contribution in [0.4, 0.5) is 0 Å². The summed E-state index contributed by atoms with van der Waals surface area (Å²) >= 11 is 0. The molecule has 0 bridgehead atoms. The molecule has 0 aliphatic rings. The van der Waals surface area contributed by atoms with Crippen molar-refractivity contribution in [1.29, 1.82) is 0 Å². The minimum absolute atomic E-state index is 0.723. The first kappa shape index (κ1) is 16.0. The fourth-order valence-corrected chi connectivity index (χ4v) is 3.83. The molecule has 0 saturated heterocycles. The van der Waals surface area contributed by atoms with Gasteiger partial charge in [0.1, 0.15) is 16.8 Å². The highest BCUT2D eigenvalue weighted by molar-refractivity contribution is 6.07. The number of ether oxygens (including phenoxy) is 1. The average molecular weight is 377 g/mol. The Kier molecular flexibility index (Phi) is 3.32.